The molecule has 1 atom stereocenters. The van der Waals surface area contributed by atoms with Gasteiger partial charge in [-0.05, 0) is 17.7 Å². The van der Waals surface area contributed by atoms with Crippen LogP contribution in [-0.2, 0) is 4.74 Å². The fraction of sp³-hybridized carbons (Fsp3) is 0.188. The smallest absolute Gasteiger partial charge is 0.220 e. The number of benzene rings is 2. The second-order valence-electron chi connectivity index (χ2n) is 4.37. The van der Waals surface area contributed by atoms with Gasteiger partial charge in [0.15, 0.2) is 0 Å². The minimum atomic E-state index is 0.0705. The Bertz CT molecular complexity index is 593. The van der Waals surface area contributed by atoms with Crippen LogP contribution in [0.25, 0.3) is 0 Å². The second-order valence-corrected chi connectivity index (χ2v) is 4.37. The highest BCUT2D eigenvalue weighted by atomic mass is 16.5. The highest BCUT2D eigenvalue weighted by molar-refractivity contribution is 5.97. The molecule has 19 heavy (non-hydrogen) atoms. The van der Waals surface area contributed by atoms with Crippen LogP contribution in [0.3, 0.4) is 0 Å². The lowest BCUT2D eigenvalue weighted by atomic mass is 10.1. The molecule has 2 aromatic carbocycles. The third kappa shape index (κ3) is 2.32. The zero-order chi connectivity index (χ0) is 13.1. The monoisotopic (exact) mass is 253 g/mol. The summed E-state index contributed by atoms with van der Waals surface area (Å²) in [5.41, 5.74) is 2.08. The molecule has 3 nitrogen and oxygen atoms in total. The van der Waals surface area contributed by atoms with E-state index in [1.165, 1.54) is 5.56 Å². The molecule has 0 spiro atoms. The fourth-order valence-electron chi connectivity index (χ4n) is 2.19. The maximum absolute atomic E-state index is 5.72. The number of rotatable bonds is 3. The van der Waals surface area contributed by atoms with Gasteiger partial charge in [-0.15, -0.1) is 0 Å². The normalized spacial score (nSPS) is 17.7. The van der Waals surface area contributed by atoms with Crippen molar-refractivity contribution in [2.75, 3.05) is 13.7 Å². The van der Waals surface area contributed by atoms with Crippen LogP contribution >= 0.6 is 0 Å². The van der Waals surface area contributed by atoms with Crippen molar-refractivity contribution in [3.05, 3.63) is 65.7 Å². The summed E-state index contributed by atoms with van der Waals surface area (Å²) >= 11 is 0. The van der Waals surface area contributed by atoms with Crippen LogP contribution in [0.4, 0.5) is 0 Å². The van der Waals surface area contributed by atoms with Gasteiger partial charge in [0.1, 0.15) is 18.4 Å². The molecule has 0 aliphatic carbocycles. The van der Waals surface area contributed by atoms with Gasteiger partial charge in [0.25, 0.3) is 0 Å². The molecule has 3 rings (SSSR count). The fourth-order valence-corrected chi connectivity index (χ4v) is 2.19. The average molecular weight is 253 g/mol. The van der Waals surface area contributed by atoms with E-state index >= 15 is 0 Å². The van der Waals surface area contributed by atoms with E-state index in [-0.39, 0.29) is 6.04 Å². The molecule has 1 aliphatic heterocycles. The zero-order valence-corrected chi connectivity index (χ0v) is 10.7. The largest absolute Gasteiger partial charge is 0.496 e. The van der Waals surface area contributed by atoms with Crippen LogP contribution in [0.15, 0.2) is 59.6 Å². The van der Waals surface area contributed by atoms with E-state index < -0.39 is 0 Å². The van der Waals surface area contributed by atoms with Crippen molar-refractivity contribution in [2.24, 2.45) is 4.99 Å². The van der Waals surface area contributed by atoms with Gasteiger partial charge >= 0.3 is 0 Å². The van der Waals surface area contributed by atoms with Gasteiger partial charge in [-0.2, -0.15) is 0 Å². The third-order valence-corrected chi connectivity index (χ3v) is 3.17. The predicted octanol–water partition coefficient (Wildman–Crippen LogP) is 3.21. The lowest BCUT2D eigenvalue weighted by molar-refractivity contribution is 0.318. The molecular weight excluding hydrogens is 238 g/mol. The first kappa shape index (κ1) is 11.8. The van der Waals surface area contributed by atoms with Gasteiger partial charge in [-0.25, -0.2) is 4.99 Å². The van der Waals surface area contributed by atoms with Gasteiger partial charge in [0, 0.05) is 0 Å². The van der Waals surface area contributed by atoms with Crippen LogP contribution in [0.1, 0.15) is 17.2 Å². The molecule has 0 saturated carbocycles. The highest BCUT2D eigenvalue weighted by Gasteiger charge is 2.23. The molecule has 0 N–H and O–H groups in total. The van der Waals surface area contributed by atoms with Crippen molar-refractivity contribution in [2.45, 2.75) is 6.04 Å². The van der Waals surface area contributed by atoms with Crippen LogP contribution in [0, 0.1) is 0 Å². The van der Waals surface area contributed by atoms with Crippen LogP contribution in [-0.4, -0.2) is 19.6 Å². The zero-order valence-electron chi connectivity index (χ0n) is 10.7. The number of para-hydroxylation sites is 1. The number of hydrogen-bond donors (Lipinski definition) is 0. The Balaban J connectivity index is 1.91. The van der Waals surface area contributed by atoms with Gasteiger partial charge in [0.2, 0.25) is 5.90 Å². The Hall–Kier alpha value is -2.29. The molecule has 0 amide bonds. The molecule has 0 unspecified atom stereocenters. The summed E-state index contributed by atoms with van der Waals surface area (Å²) in [5.74, 6) is 1.45. The topological polar surface area (TPSA) is 30.8 Å². The Morgan fingerprint density at radius 2 is 1.79 bits per heavy atom. The standard InChI is InChI=1S/C16H15NO2/c1-18-15-10-6-5-9-13(15)16-17-14(11-19-16)12-7-3-2-4-8-12/h2-10,14H,11H2,1H3/t14-/m0/s1. The summed E-state index contributed by atoms with van der Waals surface area (Å²) in [6, 6.07) is 18.0. The summed E-state index contributed by atoms with van der Waals surface area (Å²) < 4.78 is 11.1. The summed E-state index contributed by atoms with van der Waals surface area (Å²) in [6.45, 7) is 0.581. The molecule has 96 valence electrons. The van der Waals surface area contributed by atoms with Gasteiger partial charge in [-0.3, -0.25) is 0 Å². The summed E-state index contributed by atoms with van der Waals surface area (Å²) in [4.78, 5) is 4.65. The van der Waals surface area contributed by atoms with Crippen molar-refractivity contribution < 1.29 is 9.47 Å². The Morgan fingerprint density at radius 1 is 1.05 bits per heavy atom. The summed E-state index contributed by atoms with van der Waals surface area (Å²) in [6.07, 6.45) is 0. The van der Waals surface area contributed by atoms with E-state index in [1.807, 2.05) is 42.5 Å². The number of methoxy groups -OCH3 is 1. The lowest BCUT2D eigenvalue weighted by Crippen LogP contribution is -2.03. The van der Waals surface area contributed by atoms with Crippen molar-refractivity contribution >= 4 is 5.90 Å². The van der Waals surface area contributed by atoms with E-state index in [0.29, 0.717) is 12.5 Å². The quantitative estimate of drug-likeness (QED) is 0.841. The van der Waals surface area contributed by atoms with Gasteiger partial charge < -0.3 is 9.47 Å². The average Bonchev–Trinajstić information content (AvgIpc) is 2.98. The summed E-state index contributed by atoms with van der Waals surface area (Å²) in [7, 11) is 1.66. The molecule has 3 heteroatoms. The van der Waals surface area contributed by atoms with Gasteiger partial charge in [0.05, 0.1) is 12.7 Å². The predicted molar refractivity (Wildman–Crippen MR) is 74.7 cm³/mol. The maximum atomic E-state index is 5.72. The molecule has 0 saturated heterocycles. The molecular formula is C16H15NO2. The van der Waals surface area contributed by atoms with E-state index in [4.69, 9.17) is 9.47 Å². The molecule has 0 radical (unpaired) electrons. The first-order valence-corrected chi connectivity index (χ1v) is 6.27. The number of nitrogens with zero attached hydrogens (tertiary/aromatic N) is 1. The van der Waals surface area contributed by atoms with Crippen molar-refractivity contribution in [1.82, 2.24) is 0 Å². The van der Waals surface area contributed by atoms with E-state index in [1.54, 1.807) is 7.11 Å². The molecule has 0 aromatic heterocycles. The van der Waals surface area contributed by atoms with E-state index in [9.17, 15) is 0 Å². The first-order valence-electron chi connectivity index (χ1n) is 6.27. The SMILES string of the molecule is COc1ccccc1C1=N[C@H](c2ccccc2)CO1. The molecule has 0 fully saturated rings. The Morgan fingerprint density at radius 3 is 2.58 bits per heavy atom. The highest BCUT2D eigenvalue weighted by Crippen LogP contribution is 2.28. The lowest BCUT2D eigenvalue weighted by Gasteiger charge is -2.06. The van der Waals surface area contributed by atoms with E-state index in [2.05, 4.69) is 17.1 Å². The number of aliphatic imine (C=N–C) groups is 1. The second kappa shape index (κ2) is 5.14. The Kier molecular flexibility index (Phi) is 3.19. The number of hydrogen-bond acceptors (Lipinski definition) is 3. The first-order chi connectivity index (χ1) is 9.38. The van der Waals surface area contributed by atoms with E-state index in [0.717, 1.165) is 11.3 Å². The van der Waals surface area contributed by atoms with Crippen molar-refractivity contribution in [3.8, 4) is 5.75 Å². The molecule has 0 bridgehead atoms. The van der Waals surface area contributed by atoms with Crippen LogP contribution in [0.2, 0.25) is 0 Å². The minimum absolute atomic E-state index is 0.0705. The van der Waals surface area contributed by atoms with Crippen LogP contribution in [0.5, 0.6) is 5.75 Å². The van der Waals surface area contributed by atoms with Gasteiger partial charge in [-0.1, -0.05) is 42.5 Å². The molecule has 2 aromatic rings. The maximum Gasteiger partial charge on any atom is 0.220 e. The van der Waals surface area contributed by atoms with Crippen molar-refractivity contribution in [3.63, 3.8) is 0 Å². The molecule has 1 aliphatic rings. The number of ether oxygens (including phenoxy) is 2. The van der Waals surface area contributed by atoms with Crippen LogP contribution < -0.4 is 4.74 Å². The van der Waals surface area contributed by atoms with Crippen molar-refractivity contribution in [1.29, 1.82) is 0 Å². The summed E-state index contributed by atoms with van der Waals surface area (Å²) in [5, 5.41) is 0. The Labute approximate surface area is 112 Å². The third-order valence-electron chi connectivity index (χ3n) is 3.17. The minimum Gasteiger partial charge on any atom is -0.496 e. The molecule has 1 heterocycles.